The van der Waals surface area contributed by atoms with Gasteiger partial charge in [-0.05, 0) is 19.1 Å². The molecule has 14 heavy (non-hydrogen) atoms. The van der Waals surface area contributed by atoms with E-state index in [0.717, 1.165) is 16.5 Å². The number of aromatic nitrogens is 2. The molecule has 0 aliphatic rings. The molecule has 1 aromatic heterocycles. The Balaban J connectivity index is 2.66. The normalized spacial score (nSPS) is 10.6. The van der Waals surface area contributed by atoms with Gasteiger partial charge < -0.3 is 0 Å². The maximum Gasteiger partial charge on any atom is 0.271 e. The lowest BCUT2D eigenvalue weighted by Gasteiger charge is -2.02. The summed E-state index contributed by atoms with van der Waals surface area (Å²) in [6, 6.07) is 7.53. The lowest BCUT2D eigenvalue weighted by atomic mass is 10.2. The molecular weight excluding hydrogens is 176 g/mol. The summed E-state index contributed by atoms with van der Waals surface area (Å²) < 4.78 is 1.82. The molecule has 0 atom stereocenters. The number of rotatable bonds is 2. The van der Waals surface area contributed by atoms with Crippen LogP contribution >= 0.6 is 0 Å². The van der Waals surface area contributed by atoms with E-state index in [9.17, 15) is 4.79 Å². The van der Waals surface area contributed by atoms with E-state index < -0.39 is 0 Å². The Morgan fingerprint density at radius 3 is 2.93 bits per heavy atom. The highest BCUT2D eigenvalue weighted by atomic mass is 16.1. The molecule has 3 heteroatoms. The highest BCUT2D eigenvalue weighted by Crippen LogP contribution is 2.09. The van der Waals surface area contributed by atoms with Crippen LogP contribution in [-0.2, 0) is 6.54 Å². The molecule has 0 bridgehead atoms. The summed E-state index contributed by atoms with van der Waals surface area (Å²) in [7, 11) is 0. The fourth-order valence-corrected chi connectivity index (χ4v) is 1.54. The molecule has 0 saturated carbocycles. The van der Waals surface area contributed by atoms with Crippen LogP contribution in [0.1, 0.15) is 6.92 Å². The molecule has 72 valence electrons. The predicted octanol–water partition coefficient (Wildman–Crippen LogP) is 1.91. The molecule has 0 saturated heterocycles. The molecule has 1 heterocycles. The number of benzene rings is 1. The first kappa shape index (κ1) is 8.81. The minimum Gasteiger partial charge on any atom is -0.280 e. The lowest BCUT2D eigenvalue weighted by Crippen LogP contribution is -2.06. The summed E-state index contributed by atoms with van der Waals surface area (Å²) in [5.41, 5.74) is 1.91. The predicted molar refractivity (Wildman–Crippen MR) is 57.4 cm³/mol. The van der Waals surface area contributed by atoms with Crippen molar-refractivity contribution in [3.8, 4) is 0 Å². The maximum absolute atomic E-state index is 11.5. The first-order valence-corrected chi connectivity index (χ1v) is 4.50. The highest BCUT2D eigenvalue weighted by Gasteiger charge is 2.04. The van der Waals surface area contributed by atoms with Gasteiger partial charge in [-0.15, -0.1) is 0 Å². The number of hydrogen-bond acceptors (Lipinski definition) is 1. The van der Waals surface area contributed by atoms with Crippen LogP contribution in [0.4, 0.5) is 0 Å². The second-order valence-electron chi connectivity index (χ2n) is 3.50. The summed E-state index contributed by atoms with van der Waals surface area (Å²) in [6.45, 7) is 6.42. The third kappa shape index (κ3) is 1.37. The van der Waals surface area contributed by atoms with E-state index in [-0.39, 0.29) is 5.56 Å². The van der Waals surface area contributed by atoms with Crippen molar-refractivity contribution in [1.29, 1.82) is 0 Å². The maximum atomic E-state index is 11.5. The smallest absolute Gasteiger partial charge is 0.271 e. The Kier molecular flexibility index (Phi) is 2.00. The molecule has 0 aliphatic carbocycles. The standard InChI is InChI=1S/C11H12N2O/c1-8(2)7-13-10-6-4-3-5-9(10)11(14)12-13/h3-6H,1,7H2,2H3,(H,12,14). The van der Waals surface area contributed by atoms with Crippen molar-refractivity contribution in [2.75, 3.05) is 0 Å². The van der Waals surface area contributed by atoms with Crippen LogP contribution in [-0.4, -0.2) is 9.78 Å². The molecule has 0 spiro atoms. The van der Waals surface area contributed by atoms with Crippen LogP contribution in [0.3, 0.4) is 0 Å². The van der Waals surface area contributed by atoms with Crippen LogP contribution in [0.2, 0.25) is 0 Å². The van der Waals surface area contributed by atoms with Crippen LogP contribution in [0.5, 0.6) is 0 Å². The van der Waals surface area contributed by atoms with Crippen molar-refractivity contribution in [3.05, 3.63) is 46.8 Å². The van der Waals surface area contributed by atoms with Crippen molar-refractivity contribution < 1.29 is 0 Å². The van der Waals surface area contributed by atoms with Crippen molar-refractivity contribution in [1.82, 2.24) is 9.78 Å². The van der Waals surface area contributed by atoms with Crippen LogP contribution in [0.25, 0.3) is 10.9 Å². The zero-order chi connectivity index (χ0) is 10.1. The van der Waals surface area contributed by atoms with Gasteiger partial charge in [-0.3, -0.25) is 14.6 Å². The van der Waals surface area contributed by atoms with Gasteiger partial charge in [0.1, 0.15) is 0 Å². The second kappa shape index (κ2) is 3.18. The molecule has 0 fully saturated rings. The van der Waals surface area contributed by atoms with Gasteiger partial charge in [0.15, 0.2) is 0 Å². The van der Waals surface area contributed by atoms with E-state index in [1.165, 1.54) is 0 Å². The molecule has 2 rings (SSSR count). The molecule has 1 aromatic carbocycles. The highest BCUT2D eigenvalue weighted by molar-refractivity contribution is 5.78. The molecule has 0 aliphatic heterocycles. The number of nitrogens with zero attached hydrogens (tertiary/aromatic N) is 1. The minimum absolute atomic E-state index is 0.0400. The van der Waals surface area contributed by atoms with Gasteiger partial charge in [0, 0.05) is 0 Å². The summed E-state index contributed by atoms with van der Waals surface area (Å²) in [5.74, 6) is 0. The van der Waals surface area contributed by atoms with Gasteiger partial charge >= 0.3 is 0 Å². The van der Waals surface area contributed by atoms with E-state index in [1.54, 1.807) is 0 Å². The Morgan fingerprint density at radius 2 is 2.21 bits per heavy atom. The van der Waals surface area contributed by atoms with Crippen LogP contribution in [0, 0.1) is 0 Å². The fraction of sp³-hybridized carbons (Fsp3) is 0.182. The number of para-hydroxylation sites is 1. The van der Waals surface area contributed by atoms with Gasteiger partial charge in [-0.1, -0.05) is 24.3 Å². The Labute approximate surface area is 81.7 Å². The first-order valence-electron chi connectivity index (χ1n) is 4.50. The van der Waals surface area contributed by atoms with Crippen LogP contribution < -0.4 is 5.56 Å². The number of nitrogens with one attached hydrogen (secondary N) is 1. The molecule has 1 N–H and O–H groups in total. The minimum atomic E-state index is -0.0400. The molecule has 0 radical (unpaired) electrons. The lowest BCUT2D eigenvalue weighted by molar-refractivity contribution is 0.695. The van der Waals surface area contributed by atoms with E-state index in [2.05, 4.69) is 11.7 Å². The monoisotopic (exact) mass is 188 g/mol. The zero-order valence-electron chi connectivity index (χ0n) is 8.08. The number of allylic oxidation sites excluding steroid dienone is 1. The third-order valence-corrected chi connectivity index (χ3v) is 2.10. The number of fused-ring (bicyclic) bond motifs is 1. The Bertz CT molecular complexity index is 533. The Morgan fingerprint density at radius 1 is 1.50 bits per heavy atom. The fourth-order valence-electron chi connectivity index (χ4n) is 1.54. The molecular formula is C11H12N2O. The van der Waals surface area contributed by atoms with Crippen molar-refractivity contribution >= 4 is 10.9 Å². The van der Waals surface area contributed by atoms with E-state index in [1.807, 2.05) is 35.9 Å². The summed E-state index contributed by atoms with van der Waals surface area (Å²) >= 11 is 0. The van der Waals surface area contributed by atoms with Gasteiger partial charge in [0.2, 0.25) is 0 Å². The van der Waals surface area contributed by atoms with Gasteiger partial charge in [-0.2, -0.15) is 0 Å². The molecule has 2 aromatic rings. The number of hydrogen-bond donors (Lipinski definition) is 1. The van der Waals surface area contributed by atoms with Crippen molar-refractivity contribution in [2.24, 2.45) is 0 Å². The Hall–Kier alpha value is -1.77. The van der Waals surface area contributed by atoms with Crippen molar-refractivity contribution in [3.63, 3.8) is 0 Å². The topological polar surface area (TPSA) is 37.8 Å². The summed E-state index contributed by atoms with van der Waals surface area (Å²) in [5, 5.41) is 3.51. The average molecular weight is 188 g/mol. The van der Waals surface area contributed by atoms with Gasteiger partial charge in [0.25, 0.3) is 5.56 Å². The van der Waals surface area contributed by atoms with E-state index >= 15 is 0 Å². The largest absolute Gasteiger partial charge is 0.280 e. The van der Waals surface area contributed by atoms with E-state index in [0.29, 0.717) is 6.54 Å². The van der Waals surface area contributed by atoms with E-state index in [4.69, 9.17) is 0 Å². The first-order chi connectivity index (χ1) is 6.68. The van der Waals surface area contributed by atoms with Crippen LogP contribution in [0.15, 0.2) is 41.2 Å². The quantitative estimate of drug-likeness (QED) is 0.718. The number of H-pyrrole nitrogens is 1. The SMILES string of the molecule is C=C(C)Cn1[nH]c(=O)c2ccccc21. The zero-order valence-corrected chi connectivity index (χ0v) is 8.08. The number of aromatic amines is 1. The van der Waals surface area contributed by atoms with Crippen molar-refractivity contribution in [2.45, 2.75) is 13.5 Å². The average Bonchev–Trinajstić information content (AvgIpc) is 2.44. The van der Waals surface area contributed by atoms with Gasteiger partial charge in [-0.25, -0.2) is 0 Å². The molecule has 0 amide bonds. The third-order valence-electron chi connectivity index (χ3n) is 2.10. The summed E-state index contributed by atoms with van der Waals surface area (Å²) in [6.07, 6.45) is 0. The molecule has 3 nitrogen and oxygen atoms in total. The van der Waals surface area contributed by atoms with Gasteiger partial charge in [0.05, 0.1) is 17.4 Å². The second-order valence-corrected chi connectivity index (χ2v) is 3.50. The molecule has 0 unspecified atom stereocenters. The summed E-state index contributed by atoms with van der Waals surface area (Å²) in [4.78, 5) is 11.5.